The summed E-state index contributed by atoms with van der Waals surface area (Å²) < 4.78 is 82.3. The number of carbonyl (C=O) groups is 2. The molecular formula is C27H14ClF6N3O2. The first-order chi connectivity index (χ1) is 18.4. The van der Waals surface area contributed by atoms with Crippen LogP contribution in [0.25, 0.3) is 11.1 Å². The fourth-order valence-electron chi connectivity index (χ4n) is 4.35. The van der Waals surface area contributed by atoms with Crippen molar-refractivity contribution in [3.05, 3.63) is 117 Å². The minimum absolute atomic E-state index is 0.00782. The Morgan fingerprint density at radius 2 is 1.72 bits per heavy atom. The van der Waals surface area contributed by atoms with E-state index in [1.165, 1.54) is 30.5 Å². The van der Waals surface area contributed by atoms with Crippen LogP contribution in [0.15, 0.2) is 67.0 Å². The lowest BCUT2D eigenvalue weighted by Gasteiger charge is -2.19. The van der Waals surface area contributed by atoms with Gasteiger partial charge in [0, 0.05) is 44.7 Å². The summed E-state index contributed by atoms with van der Waals surface area (Å²) in [5.74, 6) is -4.52. The van der Waals surface area contributed by atoms with Crippen LogP contribution in [0, 0.1) is 17.5 Å². The Bertz CT molecular complexity index is 1660. The van der Waals surface area contributed by atoms with Crippen LogP contribution in [0.2, 0.25) is 5.02 Å². The summed E-state index contributed by atoms with van der Waals surface area (Å²) in [6.07, 6.45) is -2.70. The summed E-state index contributed by atoms with van der Waals surface area (Å²) in [6.45, 7) is 0. The number of anilines is 1. The van der Waals surface area contributed by atoms with Crippen molar-refractivity contribution in [3.63, 3.8) is 0 Å². The number of carbonyl (C=O) groups excluding carboxylic acids is 2. The minimum Gasteiger partial charge on any atom is -0.341 e. The molecule has 0 aliphatic carbocycles. The van der Waals surface area contributed by atoms with E-state index >= 15 is 0 Å². The van der Waals surface area contributed by atoms with Crippen LogP contribution in [-0.4, -0.2) is 16.8 Å². The highest BCUT2D eigenvalue weighted by Crippen LogP contribution is 2.42. The van der Waals surface area contributed by atoms with Gasteiger partial charge in [0.2, 0.25) is 0 Å². The molecule has 1 aromatic heterocycles. The van der Waals surface area contributed by atoms with E-state index in [0.717, 1.165) is 18.3 Å². The standard InChI is InChI=1S/C27H14ClF6N3O2/c28-20-2-1-15(29)10-18(20)24-23-19(26(39)37-24)7-12(17-3-4-35-11-21(17)31)8-22(23)36-25(38)13-5-14(27(32,33)34)9-16(30)6-13/h1-11,24H,(H,36,38)(H,37,39)/t24-/m1/s1. The van der Waals surface area contributed by atoms with Crippen molar-refractivity contribution in [1.29, 1.82) is 0 Å². The second-order valence-corrected chi connectivity index (χ2v) is 9.00. The van der Waals surface area contributed by atoms with Crippen LogP contribution in [0.4, 0.5) is 32.0 Å². The number of pyridine rings is 1. The normalized spacial score (nSPS) is 14.6. The number of nitrogens with zero attached hydrogens (tertiary/aromatic N) is 1. The molecule has 198 valence electrons. The Hall–Kier alpha value is -4.38. The van der Waals surface area contributed by atoms with Crippen molar-refractivity contribution < 1.29 is 35.9 Å². The van der Waals surface area contributed by atoms with Crippen LogP contribution >= 0.6 is 11.6 Å². The maximum Gasteiger partial charge on any atom is 0.416 e. The highest BCUT2D eigenvalue weighted by Gasteiger charge is 2.36. The number of fused-ring (bicyclic) bond motifs is 1. The van der Waals surface area contributed by atoms with Gasteiger partial charge in [-0.15, -0.1) is 0 Å². The van der Waals surface area contributed by atoms with Crippen molar-refractivity contribution in [2.45, 2.75) is 12.2 Å². The Morgan fingerprint density at radius 3 is 2.44 bits per heavy atom. The van der Waals surface area contributed by atoms with Gasteiger partial charge in [0.1, 0.15) is 17.5 Å². The second-order valence-electron chi connectivity index (χ2n) is 8.59. The van der Waals surface area contributed by atoms with Gasteiger partial charge >= 0.3 is 6.18 Å². The summed E-state index contributed by atoms with van der Waals surface area (Å²) in [6, 6.07) is 7.63. The molecule has 3 aromatic carbocycles. The minimum atomic E-state index is -4.92. The van der Waals surface area contributed by atoms with Crippen LogP contribution in [0.1, 0.15) is 43.4 Å². The topological polar surface area (TPSA) is 71.1 Å². The molecule has 1 atom stereocenters. The Balaban J connectivity index is 1.68. The van der Waals surface area contributed by atoms with E-state index in [9.17, 15) is 35.9 Å². The molecule has 2 heterocycles. The molecular weight excluding hydrogens is 548 g/mol. The average molecular weight is 562 g/mol. The molecule has 12 heteroatoms. The molecule has 0 bridgehead atoms. The van der Waals surface area contributed by atoms with Gasteiger partial charge in [-0.3, -0.25) is 14.6 Å². The van der Waals surface area contributed by atoms with E-state index in [2.05, 4.69) is 15.6 Å². The predicted octanol–water partition coefficient (Wildman–Crippen LogP) is 6.92. The van der Waals surface area contributed by atoms with Crippen molar-refractivity contribution in [2.75, 3.05) is 5.32 Å². The zero-order valence-corrected chi connectivity index (χ0v) is 20.1. The third kappa shape index (κ3) is 5.05. The number of alkyl halides is 3. The number of hydrogen-bond acceptors (Lipinski definition) is 3. The molecule has 39 heavy (non-hydrogen) atoms. The molecule has 0 unspecified atom stereocenters. The second kappa shape index (κ2) is 9.73. The van der Waals surface area contributed by atoms with Crippen LogP contribution in [0.3, 0.4) is 0 Å². The summed E-state index contributed by atoms with van der Waals surface area (Å²) in [4.78, 5) is 29.7. The Labute approximate surface area is 221 Å². The van der Waals surface area contributed by atoms with Crippen molar-refractivity contribution in [3.8, 4) is 11.1 Å². The largest absolute Gasteiger partial charge is 0.416 e. The van der Waals surface area contributed by atoms with Crippen LogP contribution in [-0.2, 0) is 6.18 Å². The fraction of sp³-hybridized carbons (Fsp3) is 0.0741. The average Bonchev–Trinajstić information content (AvgIpc) is 3.21. The van der Waals surface area contributed by atoms with Gasteiger partial charge in [0.05, 0.1) is 17.8 Å². The summed E-state index contributed by atoms with van der Waals surface area (Å²) in [5.41, 5.74) is -1.82. The molecule has 1 aliphatic heterocycles. The zero-order chi connectivity index (χ0) is 28.1. The summed E-state index contributed by atoms with van der Waals surface area (Å²) in [5, 5.41) is 5.12. The van der Waals surface area contributed by atoms with Gasteiger partial charge in [0.15, 0.2) is 0 Å². The van der Waals surface area contributed by atoms with Crippen molar-refractivity contribution in [2.24, 2.45) is 0 Å². The Morgan fingerprint density at radius 1 is 0.949 bits per heavy atom. The lowest BCUT2D eigenvalue weighted by molar-refractivity contribution is -0.137. The highest BCUT2D eigenvalue weighted by molar-refractivity contribution is 6.31. The maximum absolute atomic E-state index is 14.6. The van der Waals surface area contributed by atoms with Gasteiger partial charge in [-0.1, -0.05) is 11.6 Å². The van der Waals surface area contributed by atoms with E-state index in [1.54, 1.807) is 0 Å². The SMILES string of the molecule is O=C(Nc1cc(-c2ccncc2F)cc2c1[C@@H](c1cc(F)ccc1Cl)NC2=O)c1cc(F)cc(C(F)(F)F)c1. The molecule has 1 aliphatic rings. The molecule has 0 radical (unpaired) electrons. The highest BCUT2D eigenvalue weighted by atomic mass is 35.5. The molecule has 5 nitrogen and oxygen atoms in total. The number of nitrogens with one attached hydrogen (secondary N) is 2. The maximum atomic E-state index is 14.6. The lowest BCUT2D eigenvalue weighted by atomic mass is 9.92. The molecule has 2 N–H and O–H groups in total. The van der Waals surface area contributed by atoms with Gasteiger partial charge in [-0.2, -0.15) is 13.2 Å². The van der Waals surface area contributed by atoms with Gasteiger partial charge in [-0.25, -0.2) is 13.2 Å². The van der Waals surface area contributed by atoms with Gasteiger partial charge in [-0.05, 0) is 60.2 Å². The predicted molar refractivity (Wildman–Crippen MR) is 130 cm³/mol. The van der Waals surface area contributed by atoms with E-state index in [-0.39, 0.29) is 44.6 Å². The van der Waals surface area contributed by atoms with E-state index < -0.39 is 52.6 Å². The molecule has 0 saturated carbocycles. The first-order valence-corrected chi connectivity index (χ1v) is 11.5. The van der Waals surface area contributed by atoms with Crippen molar-refractivity contribution >= 4 is 29.1 Å². The molecule has 0 fully saturated rings. The number of rotatable bonds is 4. The summed E-state index contributed by atoms with van der Waals surface area (Å²) >= 11 is 6.26. The van der Waals surface area contributed by atoms with E-state index in [1.807, 2.05) is 0 Å². The van der Waals surface area contributed by atoms with Gasteiger partial charge < -0.3 is 10.6 Å². The third-order valence-electron chi connectivity index (χ3n) is 6.08. The third-order valence-corrected chi connectivity index (χ3v) is 6.42. The Kier molecular flexibility index (Phi) is 6.55. The molecule has 5 rings (SSSR count). The zero-order valence-electron chi connectivity index (χ0n) is 19.3. The monoisotopic (exact) mass is 561 g/mol. The van der Waals surface area contributed by atoms with Crippen LogP contribution in [0.5, 0.6) is 0 Å². The van der Waals surface area contributed by atoms with Gasteiger partial charge in [0.25, 0.3) is 11.8 Å². The number of aromatic nitrogens is 1. The number of benzene rings is 3. The molecule has 0 spiro atoms. The van der Waals surface area contributed by atoms with Crippen molar-refractivity contribution in [1.82, 2.24) is 10.3 Å². The van der Waals surface area contributed by atoms with E-state index in [0.29, 0.717) is 12.1 Å². The first kappa shape index (κ1) is 26.2. The lowest BCUT2D eigenvalue weighted by Crippen LogP contribution is -2.21. The first-order valence-electron chi connectivity index (χ1n) is 11.1. The number of hydrogen-bond donors (Lipinski definition) is 2. The molecule has 0 saturated heterocycles. The van der Waals surface area contributed by atoms with Crippen LogP contribution < -0.4 is 10.6 Å². The quantitative estimate of drug-likeness (QED) is 0.266. The smallest absolute Gasteiger partial charge is 0.341 e. The fourth-order valence-corrected chi connectivity index (χ4v) is 4.58. The van der Waals surface area contributed by atoms with E-state index in [4.69, 9.17) is 11.6 Å². The number of halogens is 7. The molecule has 4 aromatic rings. The summed E-state index contributed by atoms with van der Waals surface area (Å²) in [7, 11) is 0. The number of amides is 2. The molecule has 2 amide bonds.